The topological polar surface area (TPSA) is 64.8 Å². The third-order valence-corrected chi connectivity index (χ3v) is 4.74. The van der Waals surface area contributed by atoms with Crippen molar-refractivity contribution in [1.29, 1.82) is 0 Å². The van der Waals surface area contributed by atoms with Crippen LogP contribution in [0.15, 0.2) is 18.5 Å². The lowest BCUT2D eigenvalue weighted by Crippen LogP contribution is -2.15. The average molecular weight is 288 g/mol. The molecule has 0 aliphatic carbocycles. The fraction of sp³-hybridized carbons (Fsp3) is 0.455. The smallest absolute Gasteiger partial charge is 0.151 e. The molecule has 0 aliphatic rings. The molecule has 0 bridgehead atoms. The summed E-state index contributed by atoms with van der Waals surface area (Å²) < 4.78 is 24.9. The van der Waals surface area contributed by atoms with Gasteiger partial charge in [-0.2, -0.15) is 0 Å². The van der Waals surface area contributed by atoms with Crippen molar-refractivity contribution < 1.29 is 8.42 Å². The van der Waals surface area contributed by atoms with Gasteiger partial charge < -0.3 is 4.57 Å². The predicted molar refractivity (Wildman–Crippen MR) is 71.4 cm³/mol. The SMILES string of the molecule is CCS(=O)(=O)CCn1c(CCl)nc2cnccc21. The van der Waals surface area contributed by atoms with E-state index in [-0.39, 0.29) is 17.4 Å². The average Bonchev–Trinajstić information content (AvgIpc) is 2.74. The molecule has 0 spiro atoms. The molecule has 0 unspecified atom stereocenters. The maximum atomic E-state index is 11.6. The second-order valence-electron chi connectivity index (χ2n) is 3.91. The number of sulfone groups is 1. The lowest BCUT2D eigenvalue weighted by molar-refractivity contribution is 0.590. The van der Waals surface area contributed by atoms with Crippen LogP contribution >= 0.6 is 11.6 Å². The molecule has 0 fully saturated rings. The number of pyridine rings is 1. The van der Waals surface area contributed by atoms with E-state index in [1.54, 1.807) is 19.3 Å². The summed E-state index contributed by atoms with van der Waals surface area (Å²) in [7, 11) is -3.00. The summed E-state index contributed by atoms with van der Waals surface area (Å²) in [4.78, 5) is 8.32. The summed E-state index contributed by atoms with van der Waals surface area (Å²) in [6, 6.07) is 1.82. The zero-order valence-electron chi connectivity index (χ0n) is 10.0. The molecular weight excluding hydrogens is 274 g/mol. The van der Waals surface area contributed by atoms with Crippen molar-refractivity contribution >= 4 is 32.5 Å². The molecule has 0 aromatic carbocycles. The zero-order valence-corrected chi connectivity index (χ0v) is 11.6. The Bertz CT molecular complexity index is 651. The number of hydrogen-bond donors (Lipinski definition) is 0. The molecule has 7 heteroatoms. The quantitative estimate of drug-likeness (QED) is 0.784. The predicted octanol–water partition coefficient (Wildman–Crippen LogP) is 1.60. The Balaban J connectivity index is 2.37. The van der Waals surface area contributed by atoms with Gasteiger partial charge in [-0.1, -0.05) is 6.92 Å². The van der Waals surface area contributed by atoms with Gasteiger partial charge in [-0.05, 0) is 6.07 Å². The van der Waals surface area contributed by atoms with E-state index in [1.165, 1.54) is 0 Å². The van der Waals surface area contributed by atoms with Gasteiger partial charge in [0.05, 0.1) is 23.3 Å². The molecule has 18 heavy (non-hydrogen) atoms. The third kappa shape index (κ3) is 2.64. The fourth-order valence-corrected chi connectivity index (χ4v) is 2.71. The molecule has 0 aliphatic heterocycles. The van der Waals surface area contributed by atoms with E-state index in [0.29, 0.717) is 12.4 Å². The van der Waals surface area contributed by atoms with Crippen molar-refractivity contribution in [2.75, 3.05) is 11.5 Å². The highest BCUT2D eigenvalue weighted by Crippen LogP contribution is 2.16. The maximum Gasteiger partial charge on any atom is 0.151 e. The van der Waals surface area contributed by atoms with Crippen LogP contribution in [0.1, 0.15) is 12.7 Å². The standard InChI is InChI=1S/C11H14ClN3O2S/c1-2-18(16,17)6-5-15-10-3-4-13-8-9(10)14-11(15)7-12/h3-4,8H,2,5-7H2,1H3. The van der Waals surface area contributed by atoms with Crippen LogP contribution in [-0.4, -0.2) is 34.5 Å². The molecule has 0 atom stereocenters. The van der Waals surface area contributed by atoms with Crippen molar-refractivity contribution in [3.63, 3.8) is 0 Å². The van der Waals surface area contributed by atoms with Crippen LogP contribution in [0.2, 0.25) is 0 Å². The minimum absolute atomic E-state index is 0.0984. The van der Waals surface area contributed by atoms with E-state index < -0.39 is 9.84 Å². The second kappa shape index (κ2) is 5.24. The number of nitrogens with zero attached hydrogens (tertiary/aromatic N) is 3. The van der Waals surface area contributed by atoms with Crippen molar-refractivity contribution in [2.24, 2.45) is 0 Å². The third-order valence-electron chi connectivity index (χ3n) is 2.81. The molecule has 2 heterocycles. The first-order valence-corrected chi connectivity index (χ1v) is 7.98. The molecule has 5 nitrogen and oxygen atoms in total. The van der Waals surface area contributed by atoms with Crippen LogP contribution in [0.5, 0.6) is 0 Å². The van der Waals surface area contributed by atoms with Crippen LogP contribution in [0.25, 0.3) is 11.0 Å². The number of hydrogen-bond acceptors (Lipinski definition) is 4. The van der Waals surface area contributed by atoms with Gasteiger partial charge in [0.25, 0.3) is 0 Å². The van der Waals surface area contributed by atoms with E-state index in [0.717, 1.165) is 11.0 Å². The highest BCUT2D eigenvalue weighted by atomic mass is 35.5. The van der Waals surface area contributed by atoms with Gasteiger partial charge in [0.2, 0.25) is 0 Å². The first-order chi connectivity index (χ1) is 8.57. The summed E-state index contributed by atoms with van der Waals surface area (Å²) in [5.74, 6) is 1.17. The van der Waals surface area contributed by atoms with Crippen molar-refractivity contribution in [2.45, 2.75) is 19.3 Å². The second-order valence-corrected chi connectivity index (χ2v) is 6.65. The first-order valence-electron chi connectivity index (χ1n) is 5.63. The largest absolute Gasteiger partial charge is 0.326 e. The Morgan fingerprint density at radius 1 is 1.44 bits per heavy atom. The molecule has 2 aromatic rings. The molecule has 0 radical (unpaired) electrons. The highest BCUT2D eigenvalue weighted by Gasteiger charge is 2.13. The van der Waals surface area contributed by atoms with Gasteiger partial charge in [-0.15, -0.1) is 11.6 Å². The minimum atomic E-state index is -3.00. The number of rotatable bonds is 5. The molecule has 98 valence electrons. The number of alkyl halides is 1. The molecule has 0 N–H and O–H groups in total. The summed E-state index contributed by atoms with van der Waals surface area (Å²) in [6.45, 7) is 2.02. The Morgan fingerprint density at radius 2 is 2.22 bits per heavy atom. The van der Waals surface area contributed by atoms with Crippen LogP contribution in [-0.2, 0) is 22.3 Å². The fourth-order valence-electron chi connectivity index (χ4n) is 1.76. The Kier molecular flexibility index (Phi) is 3.87. The van der Waals surface area contributed by atoms with Crippen molar-refractivity contribution in [3.8, 4) is 0 Å². The minimum Gasteiger partial charge on any atom is -0.326 e. The molecule has 2 rings (SSSR count). The number of aromatic nitrogens is 3. The van der Waals surface area contributed by atoms with Gasteiger partial charge in [-0.25, -0.2) is 13.4 Å². The van der Waals surface area contributed by atoms with E-state index in [9.17, 15) is 8.42 Å². The summed E-state index contributed by atoms with van der Waals surface area (Å²) in [5.41, 5.74) is 1.61. The Morgan fingerprint density at radius 3 is 2.89 bits per heavy atom. The van der Waals surface area contributed by atoms with Gasteiger partial charge in [-0.3, -0.25) is 4.98 Å². The van der Waals surface area contributed by atoms with E-state index in [2.05, 4.69) is 9.97 Å². The lowest BCUT2D eigenvalue weighted by atomic mass is 10.4. The van der Waals surface area contributed by atoms with Crippen LogP contribution in [0.3, 0.4) is 0 Å². The van der Waals surface area contributed by atoms with E-state index in [4.69, 9.17) is 11.6 Å². The Labute approximate surface area is 111 Å². The van der Waals surface area contributed by atoms with E-state index in [1.807, 2.05) is 10.6 Å². The molecule has 0 saturated carbocycles. The van der Waals surface area contributed by atoms with Gasteiger partial charge in [0.15, 0.2) is 9.84 Å². The van der Waals surface area contributed by atoms with E-state index >= 15 is 0 Å². The van der Waals surface area contributed by atoms with Gasteiger partial charge >= 0.3 is 0 Å². The first kappa shape index (κ1) is 13.3. The Hall–Kier alpha value is -1.14. The number of aryl methyl sites for hydroxylation is 1. The number of imidazole rings is 1. The monoisotopic (exact) mass is 287 g/mol. The molecule has 0 amide bonds. The lowest BCUT2D eigenvalue weighted by Gasteiger charge is -2.07. The van der Waals surface area contributed by atoms with Gasteiger partial charge in [0.1, 0.15) is 11.3 Å². The van der Waals surface area contributed by atoms with Crippen LogP contribution < -0.4 is 0 Å². The number of halogens is 1. The summed E-state index contributed by atoms with van der Waals surface area (Å²) in [6.07, 6.45) is 3.31. The highest BCUT2D eigenvalue weighted by molar-refractivity contribution is 7.91. The van der Waals surface area contributed by atoms with Crippen molar-refractivity contribution in [3.05, 3.63) is 24.3 Å². The normalized spacial score (nSPS) is 12.1. The molecular formula is C11H14ClN3O2S. The van der Waals surface area contributed by atoms with Crippen LogP contribution in [0, 0.1) is 0 Å². The maximum absolute atomic E-state index is 11.6. The van der Waals surface area contributed by atoms with Crippen molar-refractivity contribution in [1.82, 2.24) is 14.5 Å². The zero-order chi connectivity index (χ0) is 13.2. The molecule has 0 saturated heterocycles. The van der Waals surface area contributed by atoms with Crippen LogP contribution in [0.4, 0.5) is 0 Å². The number of fused-ring (bicyclic) bond motifs is 1. The molecule has 2 aromatic heterocycles. The van der Waals surface area contributed by atoms with Gasteiger partial charge in [0, 0.05) is 18.5 Å². The summed E-state index contributed by atoms with van der Waals surface area (Å²) in [5, 5.41) is 0. The summed E-state index contributed by atoms with van der Waals surface area (Å²) >= 11 is 5.83.